The highest BCUT2D eigenvalue weighted by molar-refractivity contribution is 5.73. The van der Waals surface area contributed by atoms with Gasteiger partial charge in [-0.1, -0.05) is 12.1 Å². The zero-order valence-corrected chi connectivity index (χ0v) is 10.9. The van der Waals surface area contributed by atoms with E-state index in [-0.39, 0.29) is 5.69 Å². The van der Waals surface area contributed by atoms with Gasteiger partial charge in [-0.05, 0) is 6.92 Å². The number of aromatic nitrogens is 3. The average molecular weight is 276 g/mol. The lowest BCUT2D eigenvalue weighted by Crippen LogP contribution is -2.18. The highest BCUT2D eigenvalue weighted by atomic mass is 16.6. The monoisotopic (exact) mass is 276 g/mol. The lowest BCUT2D eigenvalue weighted by Gasteiger charge is -2.07. The predicted molar refractivity (Wildman–Crippen MR) is 68.8 cm³/mol. The van der Waals surface area contributed by atoms with E-state index in [1.54, 1.807) is 19.1 Å². The Morgan fingerprint density at radius 1 is 1.50 bits per heavy atom. The summed E-state index contributed by atoms with van der Waals surface area (Å²) in [7, 11) is 1.29. The summed E-state index contributed by atoms with van der Waals surface area (Å²) in [6.45, 7) is 1.62. The largest absolute Gasteiger partial charge is 0.467 e. The van der Waals surface area contributed by atoms with Crippen molar-refractivity contribution in [1.82, 2.24) is 14.8 Å². The number of nitro groups is 1. The first kappa shape index (κ1) is 13.7. The van der Waals surface area contributed by atoms with Crippen LogP contribution in [0, 0.1) is 10.1 Å². The van der Waals surface area contributed by atoms with Gasteiger partial charge in [-0.2, -0.15) is 5.10 Å². The molecule has 2 rings (SSSR count). The molecule has 1 aromatic carbocycles. The van der Waals surface area contributed by atoms with Gasteiger partial charge in [-0.3, -0.25) is 10.1 Å². The van der Waals surface area contributed by atoms with Crippen LogP contribution in [0.25, 0.3) is 11.4 Å². The van der Waals surface area contributed by atoms with Gasteiger partial charge in [0.05, 0.1) is 12.0 Å². The summed E-state index contributed by atoms with van der Waals surface area (Å²) >= 11 is 0. The van der Waals surface area contributed by atoms with Crippen molar-refractivity contribution in [3.05, 3.63) is 40.7 Å². The number of ether oxygens (including phenoxy) is 1. The highest BCUT2D eigenvalue weighted by Gasteiger charge is 2.18. The van der Waals surface area contributed by atoms with Crippen molar-refractivity contribution in [3.63, 3.8) is 0 Å². The Morgan fingerprint density at radius 3 is 2.90 bits per heavy atom. The number of benzene rings is 1. The molecule has 8 heteroatoms. The number of carbonyl (C=O) groups is 1. The van der Waals surface area contributed by atoms with Crippen LogP contribution in [-0.4, -0.2) is 32.8 Å². The molecule has 1 heterocycles. The van der Waals surface area contributed by atoms with Crippen LogP contribution in [-0.2, 0) is 9.53 Å². The molecule has 0 unspecified atom stereocenters. The number of nitro benzene ring substituents is 1. The van der Waals surface area contributed by atoms with E-state index >= 15 is 0 Å². The van der Waals surface area contributed by atoms with Crippen LogP contribution in [0.3, 0.4) is 0 Å². The van der Waals surface area contributed by atoms with Crippen LogP contribution in [0.5, 0.6) is 0 Å². The molecule has 104 valence electrons. The topological polar surface area (TPSA) is 100 Å². The van der Waals surface area contributed by atoms with Crippen molar-refractivity contribution in [2.45, 2.75) is 13.0 Å². The van der Waals surface area contributed by atoms with E-state index < -0.39 is 16.9 Å². The van der Waals surface area contributed by atoms with E-state index in [4.69, 9.17) is 0 Å². The van der Waals surface area contributed by atoms with Crippen LogP contribution < -0.4 is 0 Å². The minimum absolute atomic E-state index is 0.0418. The predicted octanol–water partition coefficient (Wildman–Crippen LogP) is 1.59. The van der Waals surface area contributed by atoms with Crippen molar-refractivity contribution < 1.29 is 14.5 Å². The van der Waals surface area contributed by atoms with Crippen LogP contribution in [0.4, 0.5) is 5.69 Å². The second-order valence-electron chi connectivity index (χ2n) is 4.05. The van der Waals surface area contributed by atoms with E-state index in [9.17, 15) is 14.9 Å². The molecule has 0 aliphatic carbocycles. The third-order valence-corrected chi connectivity index (χ3v) is 2.76. The molecular formula is C12H12N4O4. The molecule has 8 nitrogen and oxygen atoms in total. The van der Waals surface area contributed by atoms with Gasteiger partial charge in [-0.15, -0.1) is 0 Å². The first-order valence-electron chi connectivity index (χ1n) is 5.76. The smallest absolute Gasteiger partial charge is 0.330 e. The van der Waals surface area contributed by atoms with Gasteiger partial charge in [0.15, 0.2) is 5.82 Å². The number of rotatable bonds is 4. The highest BCUT2D eigenvalue weighted by Crippen LogP contribution is 2.21. The molecule has 1 atom stereocenters. The molecule has 0 bridgehead atoms. The number of esters is 1. The zero-order valence-electron chi connectivity index (χ0n) is 10.9. The molecule has 0 aliphatic heterocycles. The van der Waals surface area contributed by atoms with Gasteiger partial charge in [0.1, 0.15) is 12.4 Å². The van der Waals surface area contributed by atoms with Crippen LogP contribution in [0.15, 0.2) is 30.6 Å². The minimum Gasteiger partial charge on any atom is -0.467 e. The van der Waals surface area contributed by atoms with Crippen molar-refractivity contribution >= 4 is 11.7 Å². The molecule has 0 aliphatic rings. The molecule has 2 aromatic rings. The molecule has 0 saturated heterocycles. The van der Waals surface area contributed by atoms with E-state index in [2.05, 4.69) is 14.8 Å². The number of hydrogen-bond acceptors (Lipinski definition) is 6. The van der Waals surface area contributed by atoms with Crippen LogP contribution in [0.1, 0.15) is 13.0 Å². The third-order valence-electron chi connectivity index (χ3n) is 2.76. The zero-order chi connectivity index (χ0) is 14.7. The third kappa shape index (κ3) is 2.63. The Morgan fingerprint density at radius 2 is 2.25 bits per heavy atom. The quantitative estimate of drug-likeness (QED) is 0.477. The second kappa shape index (κ2) is 5.47. The molecular weight excluding hydrogens is 264 g/mol. The molecule has 0 spiro atoms. The molecule has 0 amide bonds. The first-order valence-corrected chi connectivity index (χ1v) is 5.76. The van der Waals surface area contributed by atoms with Gasteiger partial charge in [0.25, 0.3) is 5.69 Å². The normalized spacial score (nSPS) is 11.9. The lowest BCUT2D eigenvalue weighted by molar-refractivity contribution is -0.384. The summed E-state index contributed by atoms with van der Waals surface area (Å²) in [4.78, 5) is 25.7. The lowest BCUT2D eigenvalue weighted by atomic mass is 10.2. The fourth-order valence-electron chi connectivity index (χ4n) is 1.63. The fraction of sp³-hybridized carbons (Fsp3) is 0.250. The maximum atomic E-state index is 11.4. The van der Waals surface area contributed by atoms with E-state index in [1.165, 1.54) is 30.3 Å². The summed E-state index contributed by atoms with van der Waals surface area (Å²) < 4.78 is 5.96. The number of non-ortho nitro benzene ring substituents is 1. The molecule has 0 radical (unpaired) electrons. The molecule has 0 saturated carbocycles. The number of carbonyl (C=O) groups excluding carboxylic acids is 1. The molecule has 0 N–H and O–H groups in total. The Bertz CT molecular complexity index is 652. The van der Waals surface area contributed by atoms with E-state index in [1.807, 2.05) is 0 Å². The van der Waals surface area contributed by atoms with Gasteiger partial charge < -0.3 is 4.74 Å². The number of nitrogens with zero attached hydrogens (tertiary/aromatic N) is 4. The number of hydrogen-bond donors (Lipinski definition) is 0. The summed E-state index contributed by atoms with van der Waals surface area (Å²) in [6, 6.07) is 5.37. The van der Waals surface area contributed by atoms with E-state index in [0.29, 0.717) is 11.4 Å². The van der Waals surface area contributed by atoms with E-state index in [0.717, 1.165) is 0 Å². The first-order chi connectivity index (χ1) is 9.52. The fourth-order valence-corrected chi connectivity index (χ4v) is 1.63. The Hall–Kier alpha value is -2.77. The number of methoxy groups -OCH3 is 1. The van der Waals surface area contributed by atoms with Gasteiger partial charge in [0, 0.05) is 17.7 Å². The van der Waals surface area contributed by atoms with Gasteiger partial charge in [0.2, 0.25) is 0 Å². The summed E-state index contributed by atoms with van der Waals surface area (Å²) in [5, 5.41) is 14.9. The van der Waals surface area contributed by atoms with Gasteiger partial charge in [-0.25, -0.2) is 14.5 Å². The Labute approximate surface area is 114 Å². The average Bonchev–Trinajstić information content (AvgIpc) is 2.95. The minimum atomic E-state index is -0.611. The van der Waals surface area contributed by atoms with Crippen LogP contribution in [0.2, 0.25) is 0 Å². The van der Waals surface area contributed by atoms with Crippen LogP contribution >= 0.6 is 0 Å². The standard InChI is InChI=1S/C12H12N4O4/c1-8(12(17)20-2)15-7-13-11(14-15)9-4-3-5-10(6-9)16(18)19/h3-8H,1-2H3/t8-/m1/s1. The summed E-state index contributed by atoms with van der Waals surface area (Å²) in [5.74, 6) is -0.134. The van der Waals surface area contributed by atoms with Gasteiger partial charge >= 0.3 is 5.97 Å². The molecule has 1 aromatic heterocycles. The van der Waals surface area contributed by atoms with Crippen molar-refractivity contribution in [3.8, 4) is 11.4 Å². The summed E-state index contributed by atoms with van der Waals surface area (Å²) in [6.07, 6.45) is 1.38. The Kier molecular flexibility index (Phi) is 3.74. The van der Waals surface area contributed by atoms with Crippen molar-refractivity contribution in [2.24, 2.45) is 0 Å². The SMILES string of the molecule is COC(=O)[C@@H](C)n1cnc(-c2cccc([N+](=O)[O-])c2)n1. The maximum Gasteiger partial charge on any atom is 0.330 e. The van der Waals surface area contributed by atoms with Crippen molar-refractivity contribution in [1.29, 1.82) is 0 Å². The summed E-state index contributed by atoms with van der Waals surface area (Å²) in [5.41, 5.74) is 0.467. The second-order valence-corrected chi connectivity index (χ2v) is 4.05. The maximum absolute atomic E-state index is 11.4. The van der Waals surface area contributed by atoms with Crippen molar-refractivity contribution in [2.75, 3.05) is 7.11 Å². The molecule has 20 heavy (non-hydrogen) atoms. The Balaban J connectivity index is 2.31. The molecule has 0 fully saturated rings.